The summed E-state index contributed by atoms with van der Waals surface area (Å²) in [5.74, 6) is -0.0129. The third-order valence-corrected chi connectivity index (χ3v) is 5.60. The Bertz CT molecular complexity index is 523. The third kappa shape index (κ3) is 1.74. The summed E-state index contributed by atoms with van der Waals surface area (Å²) >= 11 is 1.23. The molecule has 0 saturated heterocycles. The quantitative estimate of drug-likeness (QED) is 0.759. The van der Waals surface area contributed by atoms with Crippen molar-refractivity contribution in [2.75, 3.05) is 6.26 Å². The van der Waals surface area contributed by atoms with E-state index in [-0.39, 0.29) is 9.99 Å². The number of hydrogen-bond acceptors (Lipinski definition) is 4. The van der Waals surface area contributed by atoms with E-state index in [9.17, 15) is 13.2 Å². The number of hydrogen-bond donors (Lipinski definition) is 0. The van der Waals surface area contributed by atoms with Gasteiger partial charge in [0.25, 0.3) is 0 Å². The van der Waals surface area contributed by atoms with Crippen LogP contribution < -0.4 is 0 Å². The fourth-order valence-corrected chi connectivity index (χ4v) is 4.48. The van der Waals surface area contributed by atoms with Crippen LogP contribution in [-0.2, 0) is 16.3 Å². The maximum atomic E-state index is 11.7. The standard InChI is InChI=1S/C10H12O3S2/c1-6-7-4-3-5-8(11)9(7)10(14-6)15(2,12)13/h3-5H2,1-2H3. The van der Waals surface area contributed by atoms with Crippen molar-refractivity contribution in [3.8, 4) is 0 Å². The van der Waals surface area contributed by atoms with E-state index in [2.05, 4.69) is 0 Å². The van der Waals surface area contributed by atoms with Gasteiger partial charge in [-0.3, -0.25) is 4.79 Å². The van der Waals surface area contributed by atoms with Gasteiger partial charge in [-0.05, 0) is 25.3 Å². The number of thiophene rings is 1. The largest absolute Gasteiger partial charge is 0.294 e. The molecule has 15 heavy (non-hydrogen) atoms. The second-order valence-electron chi connectivity index (χ2n) is 3.85. The molecule has 1 aliphatic carbocycles. The number of carbonyl (C=O) groups excluding carboxylic acids is 1. The van der Waals surface area contributed by atoms with E-state index >= 15 is 0 Å². The summed E-state index contributed by atoms with van der Waals surface area (Å²) in [7, 11) is -3.26. The van der Waals surface area contributed by atoms with Gasteiger partial charge >= 0.3 is 0 Å². The smallest absolute Gasteiger partial charge is 0.185 e. The van der Waals surface area contributed by atoms with E-state index < -0.39 is 9.84 Å². The minimum absolute atomic E-state index is 0.0129. The van der Waals surface area contributed by atoms with Gasteiger partial charge in [-0.1, -0.05) is 0 Å². The van der Waals surface area contributed by atoms with Crippen molar-refractivity contribution >= 4 is 27.0 Å². The van der Waals surface area contributed by atoms with Crippen LogP contribution in [0.25, 0.3) is 0 Å². The van der Waals surface area contributed by atoms with E-state index in [1.54, 1.807) is 0 Å². The van der Waals surface area contributed by atoms with Crippen LogP contribution in [0.5, 0.6) is 0 Å². The molecule has 1 aromatic rings. The molecule has 5 heteroatoms. The Morgan fingerprint density at radius 1 is 1.27 bits per heavy atom. The molecular formula is C10H12O3S2. The summed E-state index contributed by atoms with van der Waals surface area (Å²) in [6.45, 7) is 1.89. The number of carbonyl (C=O) groups is 1. The molecular weight excluding hydrogens is 232 g/mol. The lowest BCUT2D eigenvalue weighted by molar-refractivity contribution is 0.0970. The molecule has 1 aromatic heterocycles. The summed E-state index contributed by atoms with van der Waals surface area (Å²) in [5.41, 5.74) is 1.43. The molecule has 0 atom stereocenters. The van der Waals surface area contributed by atoms with E-state index in [1.807, 2.05) is 6.92 Å². The van der Waals surface area contributed by atoms with Crippen LogP contribution in [-0.4, -0.2) is 20.5 Å². The van der Waals surface area contributed by atoms with Crippen LogP contribution in [0.4, 0.5) is 0 Å². The minimum atomic E-state index is -3.26. The summed E-state index contributed by atoms with van der Waals surface area (Å²) < 4.78 is 23.3. The third-order valence-electron chi connectivity index (χ3n) is 2.62. The van der Waals surface area contributed by atoms with Crippen LogP contribution in [0.2, 0.25) is 0 Å². The van der Waals surface area contributed by atoms with Gasteiger partial charge in [0, 0.05) is 17.6 Å². The Morgan fingerprint density at radius 2 is 1.93 bits per heavy atom. The van der Waals surface area contributed by atoms with Crippen LogP contribution in [0.1, 0.15) is 33.6 Å². The van der Waals surface area contributed by atoms with Gasteiger partial charge < -0.3 is 0 Å². The van der Waals surface area contributed by atoms with Gasteiger partial charge in [0.05, 0.1) is 5.56 Å². The highest BCUT2D eigenvalue weighted by Crippen LogP contribution is 2.36. The second kappa shape index (κ2) is 3.42. The van der Waals surface area contributed by atoms with Gasteiger partial charge in [-0.25, -0.2) is 8.42 Å². The van der Waals surface area contributed by atoms with Crippen molar-refractivity contribution in [2.45, 2.75) is 30.4 Å². The lowest BCUT2D eigenvalue weighted by atomic mass is 9.93. The molecule has 0 aromatic carbocycles. The van der Waals surface area contributed by atoms with Crippen molar-refractivity contribution in [3.05, 3.63) is 16.0 Å². The molecule has 0 bridgehead atoms. The Labute approximate surface area is 93.0 Å². The van der Waals surface area contributed by atoms with Gasteiger partial charge in [0.15, 0.2) is 15.6 Å². The first-order chi connectivity index (χ1) is 6.91. The lowest BCUT2D eigenvalue weighted by Crippen LogP contribution is -2.12. The maximum absolute atomic E-state index is 11.7. The van der Waals surface area contributed by atoms with Crippen molar-refractivity contribution < 1.29 is 13.2 Å². The Hall–Kier alpha value is -0.680. The average Bonchev–Trinajstić information content (AvgIpc) is 2.45. The van der Waals surface area contributed by atoms with Crippen molar-refractivity contribution in [2.24, 2.45) is 0 Å². The summed E-state index contributed by atoms with van der Waals surface area (Å²) in [5, 5.41) is 0. The Balaban J connectivity index is 2.74. The summed E-state index contributed by atoms with van der Waals surface area (Å²) in [4.78, 5) is 12.7. The molecule has 0 saturated carbocycles. The fourth-order valence-electron chi connectivity index (χ4n) is 1.95. The van der Waals surface area contributed by atoms with Gasteiger partial charge in [0.2, 0.25) is 0 Å². The molecule has 82 valence electrons. The highest BCUT2D eigenvalue weighted by atomic mass is 32.2. The number of sulfone groups is 1. The highest BCUT2D eigenvalue weighted by molar-refractivity contribution is 7.92. The zero-order valence-electron chi connectivity index (χ0n) is 8.66. The van der Waals surface area contributed by atoms with Crippen molar-refractivity contribution in [1.82, 2.24) is 0 Å². The topological polar surface area (TPSA) is 51.2 Å². The maximum Gasteiger partial charge on any atom is 0.185 e. The molecule has 2 rings (SSSR count). The number of ketones is 1. The first kappa shape index (κ1) is 10.8. The van der Waals surface area contributed by atoms with Crippen LogP contribution >= 0.6 is 11.3 Å². The number of fused-ring (bicyclic) bond motifs is 1. The van der Waals surface area contributed by atoms with E-state index in [0.29, 0.717) is 12.0 Å². The molecule has 1 aliphatic rings. The number of rotatable bonds is 1. The van der Waals surface area contributed by atoms with Crippen LogP contribution in [0.3, 0.4) is 0 Å². The summed E-state index contributed by atoms with van der Waals surface area (Å²) in [6.07, 6.45) is 3.32. The first-order valence-corrected chi connectivity index (χ1v) is 7.47. The SMILES string of the molecule is Cc1sc(S(C)(=O)=O)c2c1CCCC2=O. The lowest BCUT2D eigenvalue weighted by Gasteiger charge is -2.11. The molecule has 0 fully saturated rings. The van der Waals surface area contributed by atoms with Gasteiger partial charge in [0.1, 0.15) is 4.21 Å². The van der Waals surface area contributed by atoms with Crippen LogP contribution in [0.15, 0.2) is 4.21 Å². The highest BCUT2D eigenvalue weighted by Gasteiger charge is 2.29. The number of Topliss-reactive ketones (excluding diaryl/α,β-unsaturated/α-hetero) is 1. The fraction of sp³-hybridized carbons (Fsp3) is 0.500. The minimum Gasteiger partial charge on any atom is -0.294 e. The van der Waals surface area contributed by atoms with E-state index in [0.717, 1.165) is 23.3 Å². The molecule has 3 nitrogen and oxygen atoms in total. The van der Waals surface area contributed by atoms with Crippen LogP contribution in [0, 0.1) is 6.92 Å². The van der Waals surface area contributed by atoms with E-state index in [4.69, 9.17) is 0 Å². The molecule has 0 spiro atoms. The monoisotopic (exact) mass is 244 g/mol. The number of aryl methyl sites for hydroxylation is 1. The molecule has 1 heterocycles. The zero-order valence-corrected chi connectivity index (χ0v) is 10.3. The molecule has 0 N–H and O–H groups in total. The average molecular weight is 244 g/mol. The summed E-state index contributed by atoms with van der Waals surface area (Å²) in [6, 6.07) is 0. The van der Waals surface area contributed by atoms with Crippen molar-refractivity contribution in [3.63, 3.8) is 0 Å². The first-order valence-electron chi connectivity index (χ1n) is 4.77. The molecule has 0 radical (unpaired) electrons. The molecule has 0 amide bonds. The normalized spacial score (nSPS) is 16.5. The predicted molar refractivity (Wildman–Crippen MR) is 59.4 cm³/mol. The Kier molecular flexibility index (Phi) is 2.47. The van der Waals surface area contributed by atoms with E-state index in [1.165, 1.54) is 17.6 Å². The van der Waals surface area contributed by atoms with Gasteiger partial charge in [-0.2, -0.15) is 0 Å². The Morgan fingerprint density at radius 3 is 2.53 bits per heavy atom. The van der Waals surface area contributed by atoms with Crippen molar-refractivity contribution in [1.29, 1.82) is 0 Å². The van der Waals surface area contributed by atoms with Gasteiger partial charge in [-0.15, -0.1) is 11.3 Å². The predicted octanol–water partition coefficient (Wildman–Crippen LogP) is 1.98. The molecule has 0 unspecified atom stereocenters. The molecule has 0 aliphatic heterocycles. The zero-order chi connectivity index (χ0) is 11.2. The second-order valence-corrected chi connectivity index (χ2v) is 7.28.